The molecule has 2 heteroatoms. The van der Waals surface area contributed by atoms with Crippen LogP contribution in [0.3, 0.4) is 0 Å². The number of rotatable bonds is 4. The van der Waals surface area contributed by atoms with Crippen molar-refractivity contribution < 1.29 is 4.39 Å². The number of nitrogens with one attached hydrogen (secondary N) is 1. The Balaban J connectivity index is 2.41. The zero-order chi connectivity index (χ0) is 13.8. The van der Waals surface area contributed by atoms with E-state index < -0.39 is 0 Å². The van der Waals surface area contributed by atoms with Crippen molar-refractivity contribution in [3.05, 3.63) is 70.5 Å². The van der Waals surface area contributed by atoms with E-state index in [0.717, 1.165) is 23.2 Å². The molecule has 1 N–H and O–H groups in total. The minimum absolute atomic E-state index is 0.0417. The highest BCUT2D eigenvalue weighted by Crippen LogP contribution is 2.24. The highest BCUT2D eigenvalue weighted by atomic mass is 19.1. The molecule has 0 aliphatic heterocycles. The smallest absolute Gasteiger partial charge is 0.123 e. The van der Waals surface area contributed by atoms with Crippen LogP contribution in [0.2, 0.25) is 0 Å². The molecule has 0 radical (unpaired) electrons. The van der Waals surface area contributed by atoms with Gasteiger partial charge in [-0.1, -0.05) is 42.8 Å². The number of benzene rings is 2. The minimum atomic E-state index is -0.176. The third kappa shape index (κ3) is 3.42. The Morgan fingerprint density at radius 3 is 2.21 bits per heavy atom. The van der Waals surface area contributed by atoms with E-state index in [9.17, 15) is 4.39 Å². The van der Waals surface area contributed by atoms with E-state index in [0.29, 0.717) is 0 Å². The molecule has 0 fully saturated rings. The van der Waals surface area contributed by atoms with Crippen molar-refractivity contribution in [3.8, 4) is 0 Å². The Hall–Kier alpha value is -1.67. The zero-order valence-electron chi connectivity index (χ0n) is 11.7. The summed E-state index contributed by atoms with van der Waals surface area (Å²) in [7, 11) is 0. The van der Waals surface area contributed by atoms with Gasteiger partial charge in [0.2, 0.25) is 0 Å². The Bertz CT molecular complexity index is 525. The highest BCUT2D eigenvalue weighted by Gasteiger charge is 2.13. The average Bonchev–Trinajstić information content (AvgIpc) is 2.36. The van der Waals surface area contributed by atoms with Crippen molar-refractivity contribution in [1.82, 2.24) is 5.32 Å². The van der Waals surface area contributed by atoms with Gasteiger partial charge in [0.05, 0.1) is 6.04 Å². The fourth-order valence-electron chi connectivity index (χ4n) is 2.32. The maximum Gasteiger partial charge on any atom is 0.123 e. The van der Waals surface area contributed by atoms with Gasteiger partial charge in [0.25, 0.3) is 0 Å². The molecule has 1 unspecified atom stereocenters. The summed E-state index contributed by atoms with van der Waals surface area (Å²) in [4.78, 5) is 0. The molecule has 2 aromatic carbocycles. The average molecular weight is 257 g/mol. The molecule has 1 atom stereocenters. The third-order valence-corrected chi connectivity index (χ3v) is 3.22. The minimum Gasteiger partial charge on any atom is -0.307 e. The normalized spacial score (nSPS) is 12.4. The molecule has 0 heterocycles. The molecule has 1 nitrogen and oxygen atoms in total. The monoisotopic (exact) mass is 257 g/mol. The van der Waals surface area contributed by atoms with Gasteiger partial charge in [0.1, 0.15) is 5.82 Å². The van der Waals surface area contributed by atoms with Crippen LogP contribution in [0.4, 0.5) is 4.39 Å². The second-order valence-electron chi connectivity index (χ2n) is 4.96. The summed E-state index contributed by atoms with van der Waals surface area (Å²) < 4.78 is 13.6. The molecule has 0 spiro atoms. The Labute approximate surface area is 114 Å². The van der Waals surface area contributed by atoms with Gasteiger partial charge in [-0.05, 0) is 49.2 Å². The fraction of sp³-hybridized carbons (Fsp3) is 0.294. The Kier molecular flexibility index (Phi) is 4.33. The lowest BCUT2D eigenvalue weighted by atomic mass is 9.96. The standard InChI is InChI=1S/C17H20FN/c1-4-19-17(14-7-5-12(2)6-8-14)15-9-13(3)10-16(18)11-15/h5-11,17,19H,4H2,1-3H3. The van der Waals surface area contributed by atoms with Gasteiger partial charge in [-0.15, -0.1) is 0 Å². The van der Waals surface area contributed by atoms with Gasteiger partial charge in [-0.25, -0.2) is 4.39 Å². The van der Waals surface area contributed by atoms with E-state index in [1.807, 2.05) is 13.0 Å². The predicted molar refractivity (Wildman–Crippen MR) is 77.8 cm³/mol. The first kappa shape index (κ1) is 13.8. The van der Waals surface area contributed by atoms with E-state index in [-0.39, 0.29) is 11.9 Å². The van der Waals surface area contributed by atoms with E-state index in [4.69, 9.17) is 0 Å². The first-order valence-electron chi connectivity index (χ1n) is 6.67. The van der Waals surface area contributed by atoms with Crippen molar-refractivity contribution >= 4 is 0 Å². The van der Waals surface area contributed by atoms with Crippen LogP contribution in [0, 0.1) is 19.7 Å². The molecule has 0 bridgehead atoms. The van der Waals surface area contributed by atoms with Gasteiger partial charge in [-0.2, -0.15) is 0 Å². The topological polar surface area (TPSA) is 12.0 Å². The molecule has 0 saturated heterocycles. The van der Waals surface area contributed by atoms with Crippen LogP contribution >= 0.6 is 0 Å². The van der Waals surface area contributed by atoms with E-state index in [2.05, 4.69) is 43.4 Å². The van der Waals surface area contributed by atoms with Crippen LogP contribution in [0.15, 0.2) is 42.5 Å². The predicted octanol–water partition coefficient (Wildman–Crippen LogP) is 4.14. The summed E-state index contributed by atoms with van der Waals surface area (Å²) in [6.07, 6.45) is 0. The van der Waals surface area contributed by atoms with Gasteiger partial charge >= 0.3 is 0 Å². The first-order chi connectivity index (χ1) is 9.10. The summed E-state index contributed by atoms with van der Waals surface area (Å²) in [5.74, 6) is -0.176. The van der Waals surface area contributed by atoms with Gasteiger partial charge in [0.15, 0.2) is 0 Å². The molecular weight excluding hydrogens is 237 g/mol. The second-order valence-corrected chi connectivity index (χ2v) is 4.96. The second kappa shape index (κ2) is 5.98. The summed E-state index contributed by atoms with van der Waals surface area (Å²) in [6.45, 7) is 6.89. The Morgan fingerprint density at radius 1 is 0.947 bits per heavy atom. The molecule has 0 aliphatic rings. The van der Waals surface area contributed by atoms with Crippen molar-refractivity contribution in [2.75, 3.05) is 6.54 Å². The maximum absolute atomic E-state index is 13.6. The summed E-state index contributed by atoms with van der Waals surface area (Å²) >= 11 is 0. The lowest BCUT2D eigenvalue weighted by Crippen LogP contribution is -2.22. The van der Waals surface area contributed by atoms with Crippen molar-refractivity contribution in [2.24, 2.45) is 0 Å². The molecule has 2 rings (SSSR count). The first-order valence-corrected chi connectivity index (χ1v) is 6.67. The fourth-order valence-corrected chi connectivity index (χ4v) is 2.32. The maximum atomic E-state index is 13.6. The lowest BCUT2D eigenvalue weighted by Gasteiger charge is -2.20. The number of hydrogen-bond acceptors (Lipinski definition) is 1. The summed E-state index contributed by atoms with van der Waals surface area (Å²) in [5.41, 5.74) is 4.32. The lowest BCUT2D eigenvalue weighted by molar-refractivity contribution is 0.602. The van der Waals surface area contributed by atoms with Gasteiger partial charge in [-0.3, -0.25) is 0 Å². The van der Waals surface area contributed by atoms with Crippen molar-refractivity contribution in [1.29, 1.82) is 0 Å². The molecule has 0 saturated carbocycles. The molecule has 19 heavy (non-hydrogen) atoms. The molecule has 100 valence electrons. The van der Waals surface area contributed by atoms with Gasteiger partial charge in [0, 0.05) is 0 Å². The quantitative estimate of drug-likeness (QED) is 0.868. The van der Waals surface area contributed by atoms with E-state index in [1.54, 1.807) is 12.1 Å². The van der Waals surface area contributed by atoms with Gasteiger partial charge < -0.3 is 5.32 Å². The van der Waals surface area contributed by atoms with Crippen LogP contribution in [0.5, 0.6) is 0 Å². The summed E-state index contributed by atoms with van der Waals surface area (Å²) in [6, 6.07) is 13.6. The Morgan fingerprint density at radius 2 is 1.63 bits per heavy atom. The van der Waals surface area contributed by atoms with Crippen LogP contribution in [0.25, 0.3) is 0 Å². The molecule has 0 aliphatic carbocycles. The van der Waals surface area contributed by atoms with E-state index >= 15 is 0 Å². The zero-order valence-corrected chi connectivity index (χ0v) is 11.7. The molecule has 0 amide bonds. The molecule has 2 aromatic rings. The number of hydrogen-bond donors (Lipinski definition) is 1. The third-order valence-electron chi connectivity index (χ3n) is 3.22. The van der Waals surface area contributed by atoms with E-state index in [1.165, 1.54) is 5.56 Å². The SMILES string of the molecule is CCNC(c1ccc(C)cc1)c1cc(C)cc(F)c1. The van der Waals surface area contributed by atoms with Crippen LogP contribution in [0.1, 0.15) is 35.2 Å². The largest absolute Gasteiger partial charge is 0.307 e. The van der Waals surface area contributed by atoms with Crippen LogP contribution < -0.4 is 5.32 Å². The van der Waals surface area contributed by atoms with Crippen LogP contribution in [-0.2, 0) is 0 Å². The molecule has 0 aromatic heterocycles. The summed E-state index contributed by atoms with van der Waals surface area (Å²) in [5, 5.41) is 3.42. The number of halogens is 1. The number of aryl methyl sites for hydroxylation is 2. The molecular formula is C17H20FN. The van der Waals surface area contributed by atoms with Crippen molar-refractivity contribution in [3.63, 3.8) is 0 Å². The highest BCUT2D eigenvalue weighted by molar-refractivity contribution is 5.35. The van der Waals surface area contributed by atoms with Crippen LogP contribution in [-0.4, -0.2) is 6.54 Å². The van der Waals surface area contributed by atoms with Crippen molar-refractivity contribution in [2.45, 2.75) is 26.8 Å².